The fourth-order valence-electron chi connectivity index (χ4n) is 3.85. The predicted molar refractivity (Wildman–Crippen MR) is 126 cm³/mol. The summed E-state index contributed by atoms with van der Waals surface area (Å²) in [6, 6.07) is 13.5. The molecule has 2 fully saturated rings. The van der Waals surface area contributed by atoms with Crippen molar-refractivity contribution in [1.82, 2.24) is 14.7 Å². The predicted octanol–water partition coefficient (Wildman–Crippen LogP) is 4.05. The maximum atomic E-state index is 6.13. The second-order valence-electron chi connectivity index (χ2n) is 8.06. The van der Waals surface area contributed by atoms with E-state index in [0.717, 1.165) is 88.3 Å². The van der Waals surface area contributed by atoms with Gasteiger partial charge >= 0.3 is 0 Å². The molecule has 166 valence electrons. The van der Waals surface area contributed by atoms with Crippen LogP contribution >= 0.6 is 11.6 Å². The van der Waals surface area contributed by atoms with E-state index in [4.69, 9.17) is 26.1 Å². The van der Waals surface area contributed by atoms with E-state index in [-0.39, 0.29) is 0 Å². The van der Waals surface area contributed by atoms with Crippen molar-refractivity contribution in [3.05, 3.63) is 53.1 Å². The number of benzene rings is 2. The largest absolute Gasteiger partial charge is 0.455 e. The van der Waals surface area contributed by atoms with Crippen LogP contribution in [0, 0.1) is 6.92 Å². The molecule has 0 aliphatic carbocycles. The van der Waals surface area contributed by atoms with Crippen LogP contribution in [0.1, 0.15) is 5.56 Å². The minimum Gasteiger partial charge on any atom is -0.455 e. The topological polar surface area (TPSA) is 40.5 Å². The van der Waals surface area contributed by atoms with Gasteiger partial charge in [-0.05, 0) is 42.8 Å². The lowest BCUT2D eigenvalue weighted by atomic mass is 10.2. The third-order valence-electron chi connectivity index (χ3n) is 5.83. The van der Waals surface area contributed by atoms with Gasteiger partial charge in [-0.2, -0.15) is 0 Å². The first-order chi connectivity index (χ1) is 15.2. The van der Waals surface area contributed by atoms with Gasteiger partial charge in [-0.15, -0.1) is 0 Å². The van der Waals surface area contributed by atoms with E-state index < -0.39 is 0 Å². The molecule has 0 aromatic heterocycles. The van der Waals surface area contributed by atoms with Gasteiger partial charge in [0.2, 0.25) is 0 Å². The van der Waals surface area contributed by atoms with E-state index in [2.05, 4.69) is 14.7 Å². The Morgan fingerprint density at radius 2 is 1.65 bits per heavy atom. The lowest BCUT2D eigenvalue weighted by molar-refractivity contribution is 0.0316. The minimum atomic E-state index is 0.709. The highest BCUT2D eigenvalue weighted by Gasteiger charge is 2.17. The van der Waals surface area contributed by atoms with Gasteiger partial charge in [0.1, 0.15) is 11.4 Å². The van der Waals surface area contributed by atoms with E-state index in [0.29, 0.717) is 5.02 Å². The second-order valence-corrected chi connectivity index (χ2v) is 8.49. The first kappa shape index (κ1) is 22.1. The Bertz CT molecular complexity index is 878. The molecule has 7 heteroatoms. The third kappa shape index (κ3) is 6.43. The molecule has 0 bridgehead atoms. The first-order valence-electron chi connectivity index (χ1n) is 11.0. The van der Waals surface area contributed by atoms with Crippen LogP contribution in [0.3, 0.4) is 0 Å². The van der Waals surface area contributed by atoms with Gasteiger partial charge in [-0.1, -0.05) is 23.7 Å². The zero-order valence-corrected chi connectivity index (χ0v) is 18.9. The molecule has 2 saturated heterocycles. The fourth-order valence-corrected chi connectivity index (χ4v) is 4.08. The molecule has 2 aromatic rings. The normalized spacial score (nSPS) is 18.6. The van der Waals surface area contributed by atoms with Crippen molar-refractivity contribution in [2.45, 2.75) is 6.92 Å². The molecule has 4 rings (SSSR count). The zero-order valence-electron chi connectivity index (χ0n) is 18.2. The van der Waals surface area contributed by atoms with Gasteiger partial charge in [0, 0.05) is 57.4 Å². The van der Waals surface area contributed by atoms with Crippen molar-refractivity contribution in [3.63, 3.8) is 0 Å². The number of para-hydroxylation sites is 2. The summed E-state index contributed by atoms with van der Waals surface area (Å²) >= 11 is 6.06. The smallest absolute Gasteiger partial charge is 0.153 e. The molecule has 2 heterocycles. The molecule has 0 atom stereocenters. The Morgan fingerprint density at radius 1 is 0.935 bits per heavy atom. The van der Waals surface area contributed by atoms with Crippen molar-refractivity contribution >= 4 is 23.6 Å². The van der Waals surface area contributed by atoms with E-state index in [1.165, 1.54) is 0 Å². The second kappa shape index (κ2) is 11.0. The van der Waals surface area contributed by atoms with Gasteiger partial charge in [-0.25, -0.2) is 4.99 Å². The Balaban J connectivity index is 1.29. The van der Waals surface area contributed by atoms with Gasteiger partial charge in [0.15, 0.2) is 5.75 Å². The Kier molecular flexibility index (Phi) is 7.81. The number of aryl methyl sites for hydroxylation is 1. The Labute approximate surface area is 190 Å². The van der Waals surface area contributed by atoms with Crippen molar-refractivity contribution in [2.24, 2.45) is 4.99 Å². The van der Waals surface area contributed by atoms with Crippen LogP contribution in [-0.2, 0) is 4.74 Å². The molecule has 0 unspecified atom stereocenters. The number of nitrogens with zero attached hydrogens (tertiary/aromatic N) is 4. The van der Waals surface area contributed by atoms with Crippen LogP contribution in [0.25, 0.3) is 0 Å². The minimum absolute atomic E-state index is 0.709. The molecule has 31 heavy (non-hydrogen) atoms. The summed E-state index contributed by atoms with van der Waals surface area (Å²) in [6.45, 7) is 12.2. The quantitative estimate of drug-likeness (QED) is 0.478. The van der Waals surface area contributed by atoms with Crippen molar-refractivity contribution in [2.75, 3.05) is 65.6 Å². The monoisotopic (exact) mass is 442 g/mol. The molecule has 0 spiro atoms. The van der Waals surface area contributed by atoms with E-state index in [1.54, 1.807) is 0 Å². The molecule has 2 aliphatic rings. The van der Waals surface area contributed by atoms with Crippen molar-refractivity contribution in [1.29, 1.82) is 0 Å². The molecule has 2 aromatic carbocycles. The van der Waals surface area contributed by atoms with Gasteiger partial charge < -0.3 is 14.4 Å². The number of rotatable bonds is 7. The summed E-state index contributed by atoms with van der Waals surface area (Å²) in [5.41, 5.74) is 1.83. The summed E-state index contributed by atoms with van der Waals surface area (Å²) < 4.78 is 11.6. The van der Waals surface area contributed by atoms with Crippen LogP contribution in [0.15, 0.2) is 47.5 Å². The maximum Gasteiger partial charge on any atom is 0.153 e. The van der Waals surface area contributed by atoms with E-state index in [9.17, 15) is 0 Å². The number of morpholine rings is 1. The lowest BCUT2D eigenvalue weighted by Crippen LogP contribution is -2.48. The zero-order chi connectivity index (χ0) is 21.5. The van der Waals surface area contributed by atoms with Crippen LogP contribution < -0.4 is 4.74 Å². The standard InChI is InChI=1S/C24H31ClN4O2/c1-20-18-21(25)6-7-23(20)31-24-5-3-2-4-22(24)26-19-29-12-10-27(11-13-29)8-9-28-14-16-30-17-15-28/h2-7,18-19H,8-17H2,1H3. The number of hydrogen-bond acceptors (Lipinski definition) is 5. The van der Waals surface area contributed by atoms with E-state index in [1.807, 2.05) is 55.7 Å². The van der Waals surface area contributed by atoms with Crippen LogP contribution in [0.4, 0.5) is 5.69 Å². The molecular formula is C24H31ClN4O2. The molecule has 0 saturated carbocycles. The third-order valence-corrected chi connectivity index (χ3v) is 6.06. The highest BCUT2D eigenvalue weighted by Crippen LogP contribution is 2.33. The molecular weight excluding hydrogens is 412 g/mol. The van der Waals surface area contributed by atoms with Crippen molar-refractivity contribution in [3.8, 4) is 11.5 Å². The number of ether oxygens (including phenoxy) is 2. The summed E-state index contributed by atoms with van der Waals surface area (Å²) in [4.78, 5) is 12.1. The van der Waals surface area contributed by atoms with Crippen molar-refractivity contribution < 1.29 is 9.47 Å². The summed E-state index contributed by atoms with van der Waals surface area (Å²) in [5.74, 6) is 1.54. The van der Waals surface area contributed by atoms with Crippen LogP contribution in [-0.4, -0.2) is 86.6 Å². The number of halogens is 1. The number of hydrogen-bond donors (Lipinski definition) is 0. The Morgan fingerprint density at radius 3 is 2.39 bits per heavy atom. The first-order valence-corrected chi connectivity index (χ1v) is 11.4. The molecule has 0 radical (unpaired) electrons. The molecule has 2 aliphatic heterocycles. The van der Waals surface area contributed by atoms with Gasteiger partial charge in [0.25, 0.3) is 0 Å². The summed E-state index contributed by atoms with van der Waals surface area (Å²) in [5, 5.41) is 0.709. The van der Waals surface area contributed by atoms with Crippen LogP contribution in [0.5, 0.6) is 11.5 Å². The maximum absolute atomic E-state index is 6.13. The van der Waals surface area contributed by atoms with Crippen LogP contribution in [0.2, 0.25) is 5.02 Å². The fraction of sp³-hybridized carbons (Fsp3) is 0.458. The molecule has 0 amide bonds. The SMILES string of the molecule is Cc1cc(Cl)ccc1Oc1ccccc1N=CN1CCN(CCN2CCOCC2)CC1. The number of aliphatic imine (C=N–C) groups is 1. The molecule has 0 N–H and O–H groups in total. The number of piperazine rings is 1. The average Bonchev–Trinajstić information content (AvgIpc) is 2.80. The van der Waals surface area contributed by atoms with Gasteiger partial charge in [0.05, 0.1) is 19.6 Å². The summed E-state index contributed by atoms with van der Waals surface area (Å²) in [7, 11) is 0. The lowest BCUT2D eigenvalue weighted by Gasteiger charge is -2.35. The average molecular weight is 443 g/mol. The highest BCUT2D eigenvalue weighted by molar-refractivity contribution is 6.30. The highest BCUT2D eigenvalue weighted by atomic mass is 35.5. The summed E-state index contributed by atoms with van der Waals surface area (Å²) in [6.07, 6.45) is 1.95. The molecule has 6 nitrogen and oxygen atoms in total. The Hall–Kier alpha value is -2.12. The van der Waals surface area contributed by atoms with Gasteiger partial charge in [-0.3, -0.25) is 9.80 Å². The van der Waals surface area contributed by atoms with E-state index >= 15 is 0 Å².